The molecule has 6 nitrogen and oxygen atoms in total. The first-order valence-electron chi connectivity index (χ1n) is 10.3. The Hall–Kier alpha value is -2.25. The van der Waals surface area contributed by atoms with Crippen LogP contribution >= 0.6 is 0 Å². The number of hydrogen-bond acceptors (Lipinski definition) is 4. The summed E-state index contributed by atoms with van der Waals surface area (Å²) in [7, 11) is -1.42. The molecule has 7 heteroatoms. The van der Waals surface area contributed by atoms with E-state index in [1.807, 2.05) is 31.6 Å². The van der Waals surface area contributed by atoms with Gasteiger partial charge < -0.3 is 4.90 Å². The minimum absolute atomic E-state index is 0.148. The van der Waals surface area contributed by atoms with Crippen molar-refractivity contribution in [3.63, 3.8) is 0 Å². The van der Waals surface area contributed by atoms with E-state index in [-0.39, 0.29) is 17.2 Å². The third-order valence-electron chi connectivity index (χ3n) is 6.39. The maximum absolute atomic E-state index is 12.5. The highest BCUT2D eigenvalue weighted by Gasteiger charge is 2.38. The number of amides is 1. The quantitative estimate of drug-likeness (QED) is 0.838. The van der Waals surface area contributed by atoms with Crippen molar-refractivity contribution in [2.75, 3.05) is 11.9 Å². The van der Waals surface area contributed by atoms with Gasteiger partial charge in [-0.2, -0.15) is 0 Å². The van der Waals surface area contributed by atoms with Gasteiger partial charge in [0.15, 0.2) is 0 Å². The standard InChI is InChI=1S/C22H25N3O3S/c1-25-21-9-5-14(11-15(21)6-10-22(25)26)18-12-23-13-19-17(18)3-2-4-20(19)24-29(27,28)16-7-8-16/h5,9,11-13,16,20,24H,2-4,6-8,10H2,1H3/t20-/m1/s1. The average Bonchev–Trinajstić information content (AvgIpc) is 3.56. The van der Waals surface area contributed by atoms with Gasteiger partial charge in [-0.1, -0.05) is 6.07 Å². The minimum atomic E-state index is -3.25. The van der Waals surface area contributed by atoms with Gasteiger partial charge in [0.05, 0.1) is 5.25 Å². The fourth-order valence-electron chi connectivity index (χ4n) is 4.59. The molecule has 2 aromatic rings. The molecule has 1 saturated carbocycles. The molecule has 1 aliphatic heterocycles. The lowest BCUT2D eigenvalue weighted by atomic mass is 9.84. The van der Waals surface area contributed by atoms with Crippen molar-refractivity contribution < 1.29 is 13.2 Å². The summed E-state index contributed by atoms with van der Waals surface area (Å²) in [5, 5.41) is -0.218. The normalized spacial score (nSPS) is 21.6. The fraction of sp³-hybridized carbons (Fsp3) is 0.455. The van der Waals surface area contributed by atoms with E-state index in [0.717, 1.165) is 60.9 Å². The second-order valence-corrected chi connectivity index (χ2v) is 10.4. The Labute approximate surface area is 171 Å². The predicted octanol–water partition coefficient (Wildman–Crippen LogP) is 3.12. The van der Waals surface area contributed by atoms with Crippen molar-refractivity contribution >= 4 is 21.6 Å². The number of anilines is 1. The van der Waals surface area contributed by atoms with Crippen LogP contribution in [0, 0.1) is 0 Å². The highest BCUT2D eigenvalue weighted by Crippen LogP contribution is 2.39. The second kappa shape index (κ2) is 6.92. The third-order valence-corrected chi connectivity index (χ3v) is 8.35. The highest BCUT2D eigenvalue weighted by atomic mass is 32.2. The van der Waals surface area contributed by atoms with Gasteiger partial charge in [-0.25, -0.2) is 13.1 Å². The topological polar surface area (TPSA) is 79.4 Å². The van der Waals surface area contributed by atoms with Gasteiger partial charge in [0.2, 0.25) is 15.9 Å². The van der Waals surface area contributed by atoms with Crippen LogP contribution in [0.4, 0.5) is 5.69 Å². The molecule has 1 aromatic heterocycles. The summed E-state index contributed by atoms with van der Waals surface area (Å²) in [6.07, 6.45) is 9.19. The number of fused-ring (bicyclic) bond motifs is 2. The van der Waals surface area contributed by atoms with E-state index in [4.69, 9.17) is 0 Å². The van der Waals surface area contributed by atoms with E-state index >= 15 is 0 Å². The van der Waals surface area contributed by atoms with Gasteiger partial charge in [-0.3, -0.25) is 9.78 Å². The summed E-state index contributed by atoms with van der Waals surface area (Å²) in [5.74, 6) is 0.148. The molecule has 2 heterocycles. The molecule has 1 amide bonds. The van der Waals surface area contributed by atoms with Crippen LogP contribution in [0.2, 0.25) is 0 Å². The van der Waals surface area contributed by atoms with E-state index in [2.05, 4.69) is 15.8 Å². The van der Waals surface area contributed by atoms with Crippen molar-refractivity contribution in [3.8, 4) is 11.1 Å². The van der Waals surface area contributed by atoms with Crippen molar-refractivity contribution in [1.29, 1.82) is 0 Å². The molecule has 1 atom stereocenters. The first-order chi connectivity index (χ1) is 13.9. The number of nitrogens with zero attached hydrogens (tertiary/aromatic N) is 2. The number of carbonyl (C=O) groups is 1. The number of nitrogens with one attached hydrogen (secondary N) is 1. The predicted molar refractivity (Wildman–Crippen MR) is 112 cm³/mol. The van der Waals surface area contributed by atoms with Crippen LogP contribution in [0.1, 0.15) is 54.8 Å². The highest BCUT2D eigenvalue weighted by molar-refractivity contribution is 7.90. The molecule has 0 saturated heterocycles. The van der Waals surface area contributed by atoms with Crippen LogP contribution in [0.15, 0.2) is 30.6 Å². The largest absolute Gasteiger partial charge is 0.315 e. The Balaban J connectivity index is 1.51. The summed E-state index contributed by atoms with van der Waals surface area (Å²) < 4.78 is 27.9. The fourth-order valence-corrected chi connectivity index (χ4v) is 6.18. The molecule has 3 aliphatic rings. The third kappa shape index (κ3) is 3.36. The lowest BCUT2D eigenvalue weighted by molar-refractivity contribution is -0.118. The smallest absolute Gasteiger partial charge is 0.227 e. The van der Waals surface area contributed by atoms with E-state index in [1.165, 1.54) is 11.1 Å². The van der Waals surface area contributed by atoms with Crippen LogP contribution in [0.5, 0.6) is 0 Å². The molecule has 0 radical (unpaired) electrons. The van der Waals surface area contributed by atoms with Gasteiger partial charge in [0.1, 0.15) is 0 Å². The first-order valence-corrected chi connectivity index (χ1v) is 11.9. The van der Waals surface area contributed by atoms with Crippen LogP contribution in [0.25, 0.3) is 11.1 Å². The molecule has 0 unspecified atom stereocenters. The number of aryl methyl sites for hydroxylation is 1. The number of carbonyl (C=O) groups excluding carboxylic acids is 1. The molecule has 0 bridgehead atoms. The zero-order valence-electron chi connectivity index (χ0n) is 16.5. The maximum atomic E-state index is 12.5. The van der Waals surface area contributed by atoms with Crippen LogP contribution in [-0.4, -0.2) is 31.6 Å². The van der Waals surface area contributed by atoms with Crippen molar-refractivity contribution in [1.82, 2.24) is 9.71 Å². The van der Waals surface area contributed by atoms with Crippen molar-refractivity contribution in [3.05, 3.63) is 47.3 Å². The Bertz CT molecular complexity index is 1090. The van der Waals surface area contributed by atoms with Crippen LogP contribution in [-0.2, 0) is 27.7 Å². The lowest BCUT2D eigenvalue weighted by Crippen LogP contribution is -2.33. The van der Waals surface area contributed by atoms with Gasteiger partial charge in [-0.05, 0) is 72.9 Å². The average molecular weight is 412 g/mol. The molecule has 1 N–H and O–H groups in total. The van der Waals surface area contributed by atoms with Gasteiger partial charge in [0.25, 0.3) is 0 Å². The van der Waals surface area contributed by atoms with Crippen molar-refractivity contribution in [2.24, 2.45) is 0 Å². The van der Waals surface area contributed by atoms with E-state index < -0.39 is 10.0 Å². The Morgan fingerprint density at radius 2 is 1.93 bits per heavy atom. The zero-order chi connectivity index (χ0) is 20.2. The van der Waals surface area contributed by atoms with Crippen molar-refractivity contribution in [2.45, 2.75) is 56.2 Å². The summed E-state index contributed by atoms with van der Waals surface area (Å²) >= 11 is 0. The van der Waals surface area contributed by atoms with E-state index in [0.29, 0.717) is 6.42 Å². The number of rotatable bonds is 4. The molecule has 2 aliphatic carbocycles. The molecular weight excluding hydrogens is 386 g/mol. The van der Waals surface area contributed by atoms with Gasteiger partial charge >= 0.3 is 0 Å². The summed E-state index contributed by atoms with van der Waals surface area (Å²) in [6.45, 7) is 0. The Morgan fingerprint density at radius 1 is 1.10 bits per heavy atom. The minimum Gasteiger partial charge on any atom is -0.315 e. The maximum Gasteiger partial charge on any atom is 0.227 e. The number of aromatic nitrogens is 1. The summed E-state index contributed by atoms with van der Waals surface area (Å²) in [4.78, 5) is 18.1. The lowest BCUT2D eigenvalue weighted by Gasteiger charge is -2.29. The molecule has 0 spiro atoms. The Morgan fingerprint density at radius 3 is 2.72 bits per heavy atom. The number of hydrogen-bond donors (Lipinski definition) is 1. The zero-order valence-corrected chi connectivity index (χ0v) is 17.3. The second-order valence-electron chi connectivity index (χ2n) is 8.36. The Kier molecular flexibility index (Phi) is 4.47. The van der Waals surface area contributed by atoms with Gasteiger partial charge in [0, 0.05) is 43.2 Å². The molecular formula is C22H25N3O3S. The van der Waals surface area contributed by atoms with Gasteiger partial charge in [-0.15, -0.1) is 0 Å². The molecule has 5 rings (SSSR count). The molecule has 1 aromatic carbocycles. The SMILES string of the molecule is CN1C(=O)CCc2cc(-c3cncc4c3CCC[C@H]4NS(=O)(=O)C3CC3)ccc21. The van der Waals surface area contributed by atoms with Crippen LogP contribution < -0.4 is 9.62 Å². The summed E-state index contributed by atoms with van der Waals surface area (Å²) in [5.41, 5.74) is 6.49. The molecule has 1 fully saturated rings. The number of sulfonamides is 1. The first kappa shape index (κ1) is 18.8. The molecule has 29 heavy (non-hydrogen) atoms. The van der Waals surface area contributed by atoms with E-state index in [1.54, 1.807) is 4.90 Å². The number of benzene rings is 1. The molecule has 152 valence electrons. The number of pyridine rings is 1. The monoisotopic (exact) mass is 411 g/mol. The summed E-state index contributed by atoms with van der Waals surface area (Å²) in [6, 6.07) is 6.02. The van der Waals surface area contributed by atoms with E-state index in [9.17, 15) is 13.2 Å². The van der Waals surface area contributed by atoms with Crippen LogP contribution in [0.3, 0.4) is 0 Å².